The number of carbonyl (C=O) groups is 2. The molecule has 0 fully saturated rings. The van der Waals surface area contributed by atoms with Gasteiger partial charge >= 0.3 is 11.7 Å². The largest absolute Gasteiger partial charge is 0.490 e. The monoisotopic (exact) mass is 385 g/mol. The van der Waals surface area contributed by atoms with E-state index in [0.717, 1.165) is 5.39 Å². The molecule has 0 spiro atoms. The molecule has 0 unspecified atom stereocenters. The fourth-order valence-electron chi connectivity index (χ4n) is 2.42. The summed E-state index contributed by atoms with van der Waals surface area (Å²) in [5.74, 6) is -0.989. The van der Waals surface area contributed by atoms with E-state index < -0.39 is 29.9 Å². The SMILES string of the molecule is COc1cc(OCC(=O)OCC(=O)c2cc3ccccc3o2)ccc1[N+](=O)[O-]. The minimum absolute atomic E-state index is 0.00377. The van der Waals surface area contributed by atoms with Crippen LogP contribution in [0, 0.1) is 10.1 Å². The standard InChI is InChI=1S/C19H15NO8/c1-25-17-9-13(6-7-14(17)20(23)24)26-11-19(22)27-10-15(21)18-8-12-4-2-3-5-16(12)28-18/h2-9H,10-11H2,1H3. The number of ether oxygens (including phenoxy) is 3. The summed E-state index contributed by atoms with van der Waals surface area (Å²) >= 11 is 0. The number of benzene rings is 2. The highest BCUT2D eigenvalue weighted by Gasteiger charge is 2.17. The van der Waals surface area contributed by atoms with Crippen molar-refractivity contribution >= 4 is 28.4 Å². The lowest BCUT2D eigenvalue weighted by Crippen LogP contribution is -2.19. The second-order valence-electron chi connectivity index (χ2n) is 5.61. The number of nitro benzene ring substituents is 1. The van der Waals surface area contributed by atoms with Crippen molar-refractivity contribution < 1.29 is 33.1 Å². The van der Waals surface area contributed by atoms with E-state index in [4.69, 9.17) is 18.6 Å². The van der Waals surface area contributed by atoms with Crippen LogP contribution in [0.25, 0.3) is 11.0 Å². The maximum absolute atomic E-state index is 12.1. The zero-order valence-electron chi connectivity index (χ0n) is 14.7. The van der Waals surface area contributed by atoms with E-state index in [1.165, 1.54) is 25.3 Å². The molecule has 3 aromatic rings. The maximum Gasteiger partial charge on any atom is 0.344 e. The average Bonchev–Trinajstić information content (AvgIpc) is 3.14. The zero-order valence-corrected chi connectivity index (χ0v) is 14.7. The van der Waals surface area contributed by atoms with Crippen LogP contribution < -0.4 is 9.47 Å². The fourth-order valence-corrected chi connectivity index (χ4v) is 2.42. The van der Waals surface area contributed by atoms with Crippen molar-refractivity contribution in [2.24, 2.45) is 0 Å². The van der Waals surface area contributed by atoms with E-state index in [-0.39, 0.29) is 22.9 Å². The molecule has 0 saturated carbocycles. The summed E-state index contributed by atoms with van der Waals surface area (Å²) in [6, 6.07) is 12.5. The highest BCUT2D eigenvalue weighted by molar-refractivity contribution is 5.99. The molecule has 9 nitrogen and oxygen atoms in total. The number of hydrogen-bond donors (Lipinski definition) is 0. The number of Topliss-reactive ketones (excluding diaryl/α,β-unsaturated/α-hetero) is 1. The lowest BCUT2D eigenvalue weighted by atomic mass is 10.2. The number of nitro groups is 1. The Balaban J connectivity index is 1.53. The molecule has 1 aromatic heterocycles. The van der Waals surface area contributed by atoms with Crippen molar-refractivity contribution in [1.29, 1.82) is 0 Å². The Kier molecular flexibility index (Phi) is 5.54. The smallest absolute Gasteiger partial charge is 0.344 e. The molecule has 0 aliphatic carbocycles. The minimum atomic E-state index is -0.776. The highest BCUT2D eigenvalue weighted by Crippen LogP contribution is 2.30. The van der Waals surface area contributed by atoms with Crippen molar-refractivity contribution in [3.63, 3.8) is 0 Å². The topological polar surface area (TPSA) is 118 Å². The normalized spacial score (nSPS) is 10.5. The van der Waals surface area contributed by atoms with Gasteiger partial charge in [-0.3, -0.25) is 14.9 Å². The second kappa shape index (κ2) is 8.21. The Hall–Kier alpha value is -3.88. The number of para-hydroxylation sites is 1. The van der Waals surface area contributed by atoms with Gasteiger partial charge in [-0.2, -0.15) is 0 Å². The van der Waals surface area contributed by atoms with Crippen LogP contribution >= 0.6 is 0 Å². The Morgan fingerprint density at radius 1 is 1.11 bits per heavy atom. The molecule has 0 aliphatic heterocycles. The number of furan rings is 1. The summed E-state index contributed by atoms with van der Waals surface area (Å²) in [5.41, 5.74) is 0.335. The summed E-state index contributed by atoms with van der Waals surface area (Å²) < 4.78 is 20.4. The summed E-state index contributed by atoms with van der Waals surface area (Å²) in [6.45, 7) is -0.972. The zero-order chi connectivity index (χ0) is 20.1. The molecule has 0 bridgehead atoms. The molecule has 0 amide bonds. The fraction of sp³-hybridized carbons (Fsp3) is 0.158. The lowest BCUT2D eigenvalue weighted by molar-refractivity contribution is -0.385. The third-order valence-electron chi connectivity index (χ3n) is 3.77. The number of methoxy groups -OCH3 is 1. The molecule has 9 heteroatoms. The molecule has 1 heterocycles. The van der Waals surface area contributed by atoms with Gasteiger partial charge in [-0.05, 0) is 18.2 Å². The van der Waals surface area contributed by atoms with Crippen molar-refractivity contribution in [2.75, 3.05) is 20.3 Å². The number of nitrogens with zero attached hydrogens (tertiary/aromatic N) is 1. The predicted octanol–water partition coefficient (Wildman–Crippen LogP) is 3.15. The maximum atomic E-state index is 12.1. The van der Waals surface area contributed by atoms with Crippen LogP contribution in [-0.4, -0.2) is 37.0 Å². The van der Waals surface area contributed by atoms with Gasteiger partial charge in [0.1, 0.15) is 11.3 Å². The highest BCUT2D eigenvalue weighted by atomic mass is 16.6. The number of esters is 1. The first kappa shape index (κ1) is 18.9. The van der Waals surface area contributed by atoms with E-state index in [1.807, 2.05) is 6.07 Å². The number of ketones is 1. The number of carbonyl (C=O) groups excluding carboxylic acids is 2. The first-order valence-corrected chi connectivity index (χ1v) is 8.10. The molecule has 0 aliphatic rings. The minimum Gasteiger partial charge on any atom is -0.490 e. The van der Waals surface area contributed by atoms with E-state index in [2.05, 4.69) is 0 Å². The summed E-state index contributed by atoms with van der Waals surface area (Å²) in [4.78, 5) is 34.1. The quantitative estimate of drug-likeness (QED) is 0.251. The van der Waals surface area contributed by atoms with Gasteiger partial charge in [0, 0.05) is 17.5 Å². The molecule has 144 valence electrons. The van der Waals surface area contributed by atoms with Crippen LogP contribution in [0.3, 0.4) is 0 Å². The van der Waals surface area contributed by atoms with Crippen LogP contribution in [0.1, 0.15) is 10.6 Å². The molecule has 28 heavy (non-hydrogen) atoms. The third-order valence-corrected chi connectivity index (χ3v) is 3.77. The molecule has 2 aromatic carbocycles. The van der Waals surface area contributed by atoms with Gasteiger partial charge in [0.2, 0.25) is 11.5 Å². The first-order chi connectivity index (χ1) is 13.5. The van der Waals surface area contributed by atoms with E-state index in [1.54, 1.807) is 24.3 Å². The summed E-state index contributed by atoms with van der Waals surface area (Å²) in [7, 11) is 1.28. The van der Waals surface area contributed by atoms with Gasteiger partial charge in [0.25, 0.3) is 0 Å². The Morgan fingerprint density at radius 2 is 1.89 bits per heavy atom. The summed E-state index contributed by atoms with van der Waals surface area (Å²) in [6.07, 6.45) is 0. The Bertz CT molecular complexity index is 1010. The van der Waals surface area contributed by atoms with Crippen LogP contribution in [0.4, 0.5) is 5.69 Å². The van der Waals surface area contributed by atoms with Gasteiger partial charge in [0.05, 0.1) is 12.0 Å². The number of hydrogen-bond acceptors (Lipinski definition) is 8. The van der Waals surface area contributed by atoms with Crippen molar-refractivity contribution in [3.8, 4) is 11.5 Å². The molecular weight excluding hydrogens is 370 g/mol. The van der Waals surface area contributed by atoms with Gasteiger partial charge in [-0.25, -0.2) is 4.79 Å². The van der Waals surface area contributed by atoms with Crippen LogP contribution in [0.5, 0.6) is 11.5 Å². The molecule has 0 N–H and O–H groups in total. The van der Waals surface area contributed by atoms with Crippen molar-refractivity contribution in [3.05, 3.63) is 64.4 Å². The van der Waals surface area contributed by atoms with E-state index in [9.17, 15) is 19.7 Å². The third kappa shape index (κ3) is 4.26. The number of rotatable bonds is 8. The van der Waals surface area contributed by atoms with Gasteiger partial charge < -0.3 is 18.6 Å². The first-order valence-electron chi connectivity index (χ1n) is 8.10. The molecule has 0 atom stereocenters. The Labute approximate surface area is 158 Å². The Morgan fingerprint density at radius 3 is 2.61 bits per heavy atom. The van der Waals surface area contributed by atoms with E-state index >= 15 is 0 Å². The van der Waals surface area contributed by atoms with Gasteiger partial charge in [-0.15, -0.1) is 0 Å². The van der Waals surface area contributed by atoms with Gasteiger partial charge in [-0.1, -0.05) is 18.2 Å². The van der Waals surface area contributed by atoms with Crippen molar-refractivity contribution in [2.45, 2.75) is 0 Å². The van der Waals surface area contributed by atoms with E-state index in [0.29, 0.717) is 5.58 Å². The second-order valence-corrected chi connectivity index (χ2v) is 5.61. The molecule has 0 saturated heterocycles. The molecular formula is C19H15NO8. The molecule has 0 radical (unpaired) electrons. The number of fused-ring (bicyclic) bond motifs is 1. The van der Waals surface area contributed by atoms with Crippen LogP contribution in [0.2, 0.25) is 0 Å². The summed E-state index contributed by atoms with van der Waals surface area (Å²) in [5, 5.41) is 11.6. The van der Waals surface area contributed by atoms with Crippen LogP contribution in [-0.2, 0) is 9.53 Å². The predicted molar refractivity (Wildman–Crippen MR) is 96.6 cm³/mol. The van der Waals surface area contributed by atoms with Crippen molar-refractivity contribution in [1.82, 2.24) is 0 Å². The average molecular weight is 385 g/mol. The molecule has 3 rings (SSSR count). The van der Waals surface area contributed by atoms with Gasteiger partial charge in [0.15, 0.2) is 19.0 Å². The lowest BCUT2D eigenvalue weighted by Gasteiger charge is -2.08. The van der Waals surface area contributed by atoms with Crippen LogP contribution in [0.15, 0.2) is 52.9 Å².